The van der Waals surface area contributed by atoms with Gasteiger partial charge in [0.1, 0.15) is 0 Å². The van der Waals surface area contributed by atoms with E-state index in [4.69, 9.17) is 4.74 Å². The molecule has 1 unspecified atom stereocenters. The highest BCUT2D eigenvalue weighted by Crippen LogP contribution is 2.23. The van der Waals surface area contributed by atoms with Crippen molar-refractivity contribution < 1.29 is 14.1 Å². The van der Waals surface area contributed by atoms with E-state index >= 15 is 0 Å². The first kappa shape index (κ1) is 13.3. The average Bonchev–Trinajstić information content (AvgIpc) is 2.81. The van der Waals surface area contributed by atoms with Gasteiger partial charge in [-0.2, -0.15) is 16.2 Å². The van der Waals surface area contributed by atoms with Crippen molar-refractivity contribution in [2.45, 2.75) is 24.7 Å². The molecule has 2 rings (SSSR count). The van der Waals surface area contributed by atoms with Crippen LogP contribution in [0.25, 0.3) is 0 Å². The van der Waals surface area contributed by atoms with Crippen LogP contribution in [0.1, 0.15) is 18.4 Å². The number of nitrogens with zero attached hydrogens (tertiary/aromatic N) is 1. The quantitative estimate of drug-likeness (QED) is 0.610. The zero-order valence-electron chi connectivity index (χ0n) is 9.80. The number of hydrogen-bond donors (Lipinski definition) is 0. The molecule has 0 aromatic heterocycles. The summed E-state index contributed by atoms with van der Waals surface area (Å²) in [6.07, 6.45) is 2.50. The van der Waals surface area contributed by atoms with Crippen LogP contribution in [-0.2, 0) is 10.5 Å². The Hall–Kier alpha value is -1.14. The molecular weight excluding hydrogens is 257 g/mol. The Morgan fingerprint density at radius 2 is 2.39 bits per heavy atom. The molecular formula is C12H14FNO3S. The van der Waals surface area contributed by atoms with Gasteiger partial charge in [-0.15, -0.1) is 0 Å². The molecule has 1 fully saturated rings. The zero-order valence-corrected chi connectivity index (χ0v) is 10.6. The Balaban J connectivity index is 1.85. The van der Waals surface area contributed by atoms with Gasteiger partial charge in [-0.3, -0.25) is 10.1 Å². The number of nitro benzene ring substituents is 1. The topological polar surface area (TPSA) is 52.4 Å². The summed E-state index contributed by atoms with van der Waals surface area (Å²) in [6, 6.07) is 4.06. The van der Waals surface area contributed by atoms with Gasteiger partial charge in [0.15, 0.2) is 0 Å². The fourth-order valence-corrected chi connectivity index (χ4v) is 2.93. The SMILES string of the molecule is O=[N+]([O-])c1ccc(CSCC2CCCO2)cc1F. The summed E-state index contributed by atoms with van der Waals surface area (Å²) in [5.41, 5.74) is 0.295. The summed E-state index contributed by atoms with van der Waals surface area (Å²) in [5, 5.41) is 10.5. The summed E-state index contributed by atoms with van der Waals surface area (Å²) in [6.45, 7) is 0.831. The van der Waals surface area contributed by atoms with E-state index in [1.54, 1.807) is 17.8 Å². The van der Waals surface area contributed by atoms with E-state index < -0.39 is 16.4 Å². The Kier molecular flexibility index (Phi) is 4.54. The summed E-state index contributed by atoms with van der Waals surface area (Å²) in [7, 11) is 0. The number of nitro groups is 1. The van der Waals surface area contributed by atoms with Gasteiger partial charge in [0, 0.05) is 24.2 Å². The van der Waals surface area contributed by atoms with Crippen molar-refractivity contribution in [3.05, 3.63) is 39.7 Å². The molecule has 0 bridgehead atoms. The van der Waals surface area contributed by atoms with Crippen LogP contribution >= 0.6 is 11.8 Å². The van der Waals surface area contributed by atoms with E-state index in [0.29, 0.717) is 11.9 Å². The van der Waals surface area contributed by atoms with Gasteiger partial charge in [0.25, 0.3) is 0 Å². The van der Waals surface area contributed by atoms with Crippen LogP contribution in [0.15, 0.2) is 18.2 Å². The normalized spacial score (nSPS) is 19.1. The molecule has 1 saturated heterocycles. The highest BCUT2D eigenvalue weighted by atomic mass is 32.2. The summed E-state index contributed by atoms with van der Waals surface area (Å²) in [5.74, 6) is 0.767. The number of thioether (sulfide) groups is 1. The second-order valence-electron chi connectivity index (χ2n) is 4.19. The predicted molar refractivity (Wildman–Crippen MR) is 68.2 cm³/mol. The second-order valence-corrected chi connectivity index (χ2v) is 5.22. The maximum Gasteiger partial charge on any atom is 0.304 e. The molecule has 0 spiro atoms. The van der Waals surface area contributed by atoms with E-state index in [0.717, 1.165) is 30.8 Å². The molecule has 4 nitrogen and oxygen atoms in total. The average molecular weight is 271 g/mol. The Bertz CT molecular complexity index is 435. The molecule has 1 aliphatic heterocycles. The standard InChI is InChI=1S/C12H14FNO3S/c13-11-6-9(3-4-12(11)14(15)16)7-18-8-10-2-1-5-17-10/h3-4,6,10H,1-2,5,7-8H2. The molecule has 1 aromatic carbocycles. The van der Waals surface area contributed by atoms with Crippen molar-refractivity contribution in [1.82, 2.24) is 0 Å². The number of rotatable bonds is 5. The predicted octanol–water partition coefficient (Wildman–Crippen LogP) is 3.15. The lowest BCUT2D eigenvalue weighted by atomic mass is 10.2. The van der Waals surface area contributed by atoms with Gasteiger partial charge in [0.05, 0.1) is 11.0 Å². The lowest BCUT2D eigenvalue weighted by Crippen LogP contribution is -2.08. The largest absolute Gasteiger partial charge is 0.377 e. The monoisotopic (exact) mass is 271 g/mol. The molecule has 6 heteroatoms. The van der Waals surface area contributed by atoms with Crippen LogP contribution in [0.5, 0.6) is 0 Å². The summed E-state index contributed by atoms with van der Waals surface area (Å²) >= 11 is 1.67. The van der Waals surface area contributed by atoms with Gasteiger partial charge in [-0.25, -0.2) is 0 Å². The molecule has 0 N–H and O–H groups in total. The first-order valence-electron chi connectivity index (χ1n) is 5.79. The van der Waals surface area contributed by atoms with Crippen LogP contribution in [0.4, 0.5) is 10.1 Å². The van der Waals surface area contributed by atoms with Crippen LogP contribution in [0.2, 0.25) is 0 Å². The summed E-state index contributed by atoms with van der Waals surface area (Å²) in [4.78, 5) is 9.76. The fourth-order valence-electron chi connectivity index (χ4n) is 1.87. The lowest BCUT2D eigenvalue weighted by molar-refractivity contribution is -0.387. The van der Waals surface area contributed by atoms with E-state index in [-0.39, 0.29) is 0 Å². The third-order valence-corrected chi connectivity index (χ3v) is 3.95. The minimum atomic E-state index is -0.768. The number of ether oxygens (including phenoxy) is 1. The zero-order chi connectivity index (χ0) is 13.0. The van der Waals surface area contributed by atoms with Gasteiger partial charge in [-0.1, -0.05) is 6.07 Å². The van der Waals surface area contributed by atoms with E-state index in [1.165, 1.54) is 12.1 Å². The number of halogens is 1. The molecule has 18 heavy (non-hydrogen) atoms. The minimum Gasteiger partial charge on any atom is -0.377 e. The lowest BCUT2D eigenvalue weighted by Gasteiger charge is -2.08. The molecule has 1 heterocycles. The van der Waals surface area contributed by atoms with E-state index in [9.17, 15) is 14.5 Å². The first-order valence-corrected chi connectivity index (χ1v) is 6.94. The number of benzene rings is 1. The maximum absolute atomic E-state index is 13.4. The van der Waals surface area contributed by atoms with E-state index in [1.807, 2.05) is 0 Å². The van der Waals surface area contributed by atoms with Crippen LogP contribution in [0.3, 0.4) is 0 Å². The Morgan fingerprint density at radius 1 is 1.56 bits per heavy atom. The molecule has 1 aliphatic rings. The first-order chi connectivity index (χ1) is 8.66. The van der Waals surface area contributed by atoms with Crippen LogP contribution in [0, 0.1) is 15.9 Å². The van der Waals surface area contributed by atoms with Crippen LogP contribution < -0.4 is 0 Å². The molecule has 0 amide bonds. The molecule has 1 atom stereocenters. The van der Waals surface area contributed by atoms with Crippen molar-refractivity contribution >= 4 is 17.4 Å². The van der Waals surface area contributed by atoms with Crippen molar-refractivity contribution in [2.24, 2.45) is 0 Å². The van der Waals surface area contributed by atoms with Gasteiger partial charge < -0.3 is 4.74 Å². The third kappa shape index (κ3) is 3.43. The Morgan fingerprint density at radius 3 is 3.00 bits per heavy atom. The smallest absolute Gasteiger partial charge is 0.304 e. The molecule has 0 saturated carbocycles. The highest BCUT2D eigenvalue weighted by molar-refractivity contribution is 7.98. The molecule has 0 aliphatic carbocycles. The van der Waals surface area contributed by atoms with Crippen LogP contribution in [-0.4, -0.2) is 23.4 Å². The molecule has 1 aromatic rings. The highest BCUT2D eigenvalue weighted by Gasteiger charge is 2.16. The van der Waals surface area contributed by atoms with Crippen molar-refractivity contribution in [3.63, 3.8) is 0 Å². The van der Waals surface area contributed by atoms with Crippen molar-refractivity contribution in [2.75, 3.05) is 12.4 Å². The third-order valence-electron chi connectivity index (χ3n) is 2.81. The van der Waals surface area contributed by atoms with Gasteiger partial charge in [-0.05, 0) is 24.5 Å². The number of hydrogen-bond acceptors (Lipinski definition) is 4. The Labute approximate surface area is 109 Å². The maximum atomic E-state index is 13.4. The fraction of sp³-hybridized carbons (Fsp3) is 0.500. The molecule has 0 radical (unpaired) electrons. The minimum absolute atomic E-state index is 0.304. The summed E-state index contributed by atoms with van der Waals surface area (Å²) < 4.78 is 18.8. The van der Waals surface area contributed by atoms with Crippen molar-refractivity contribution in [3.8, 4) is 0 Å². The van der Waals surface area contributed by atoms with Gasteiger partial charge in [0.2, 0.25) is 5.82 Å². The second kappa shape index (κ2) is 6.15. The molecule has 98 valence electrons. The van der Waals surface area contributed by atoms with Gasteiger partial charge >= 0.3 is 5.69 Å². The van der Waals surface area contributed by atoms with Crippen molar-refractivity contribution in [1.29, 1.82) is 0 Å². The van der Waals surface area contributed by atoms with E-state index in [2.05, 4.69) is 0 Å².